The minimum absolute atomic E-state index is 0.0361. The Morgan fingerprint density at radius 2 is 2.23 bits per heavy atom. The summed E-state index contributed by atoms with van der Waals surface area (Å²) in [6.07, 6.45) is 5.75. The zero-order chi connectivity index (χ0) is 15.7. The first-order valence-electron chi connectivity index (χ1n) is 7.18. The average Bonchev–Trinajstić information content (AvgIpc) is 2.48. The number of carbonyl (C=O) groups is 1. The largest absolute Gasteiger partial charge is 0.362 e. The lowest BCUT2D eigenvalue weighted by atomic mass is 9.91. The lowest BCUT2D eigenvalue weighted by Crippen LogP contribution is -2.43. The molecule has 5 nitrogen and oxygen atoms in total. The van der Waals surface area contributed by atoms with Gasteiger partial charge in [-0.05, 0) is 37.1 Å². The minimum atomic E-state index is 0.0361. The molecule has 0 fully saturated rings. The number of amides is 1. The van der Waals surface area contributed by atoms with Gasteiger partial charge in [0.2, 0.25) is 5.91 Å². The Hall–Kier alpha value is -2.14. The van der Waals surface area contributed by atoms with E-state index in [9.17, 15) is 4.79 Å². The van der Waals surface area contributed by atoms with E-state index < -0.39 is 0 Å². The van der Waals surface area contributed by atoms with Crippen LogP contribution in [0.2, 0.25) is 5.02 Å². The lowest BCUT2D eigenvalue weighted by Gasteiger charge is -2.39. The van der Waals surface area contributed by atoms with Crippen LogP contribution in [-0.2, 0) is 4.79 Å². The van der Waals surface area contributed by atoms with Crippen LogP contribution in [0, 0.1) is 0 Å². The maximum atomic E-state index is 12.0. The van der Waals surface area contributed by atoms with E-state index in [4.69, 9.17) is 11.6 Å². The second-order valence-corrected chi connectivity index (χ2v) is 5.90. The number of benzene rings is 1. The molecule has 22 heavy (non-hydrogen) atoms. The van der Waals surface area contributed by atoms with Crippen molar-refractivity contribution in [1.29, 1.82) is 0 Å². The molecule has 0 aliphatic carbocycles. The number of aromatic nitrogens is 2. The Bertz CT molecular complexity index is 692. The standard InChI is InChI=1S/C16H17ClN4O/c1-10-7-14(20-16-9-18-5-6-19-16)13-8-12(17)3-4-15(13)21(10)11(2)22/h3-6,8-10,14H,7H2,1-2H3,(H,19,20)/t10-,14+/m1/s1. The summed E-state index contributed by atoms with van der Waals surface area (Å²) in [6, 6.07) is 5.76. The van der Waals surface area contributed by atoms with Crippen LogP contribution in [-0.4, -0.2) is 21.9 Å². The Balaban J connectivity index is 2.00. The monoisotopic (exact) mass is 316 g/mol. The fraction of sp³-hybridized carbons (Fsp3) is 0.312. The molecule has 1 amide bonds. The van der Waals surface area contributed by atoms with E-state index in [1.54, 1.807) is 25.5 Å². The number of halogens is 1. The minimum Gasteiger partial charge on any atom is -0.362 e. The molecule has 1 aliphatic heterocycles. The second-order valence-electron chi connectivity index (χ2n) is 5.46. The number of rotatable bonds is 2. The summed E-state index contributed by atoms with van der Waals surface area (Å²) in [5, 5.41) is 4.04. The van der Waals surface area contributed by atoms with Gasteiger partial charge in [0.25, 0.3) is 0 Å². The number of anilines is 2. The van der Waals surface area contributed by atoms with Crippen LogP contribution in [0.25, 0.3) is 0 Å². The molecule has 0 unspecified atom stereocenters. The summed E-state index contributed by atoms with van der Waals surface area (Å²) in [6.45, 7) is 3.63. The molecule has 6 heteroatoms. The molecule has 2 atom stereocenters. The normalized spacial score (nSPS) is 20.4. The van der Waals surface area contributed by atoms with E-state index >= 15 is 0 Å². The van der Waals surface area contributed by atoms with Crippen molar-refractivity contribution >= 4 is 29.0 Å². The van der Waals surface area contributed by atoms with Gasteiger partial charge in [0.05, 0.1) is 12.2 Å². The third-order valence-corrected chi connectivity index (χ3v) is 4.10. The van der Waals surface area contributed by atoms with E-state index in [1.807, 2.05) is 30.0 Å². The highest BCUT2D eigenvalue weighted by atomic mass is 35.5. The van der Waals surface area contributed by atoms with Gasteiger partial charge in [-0.15, -0.1) is 0 Å². The molecular weight excluding hydrogens is 300 g/mol. The van der Waals surface area contributed by atoms with Crippen molar-refractivity contribution in [3.63, 3.8) is 0 Å². The van der Waals surface area contributed by atoms with Gasteiger partial charge in [-0.3, -0.25) is 9.78 Å². The zero-order valence-electron chi connectivity index (χ0n) is 12.5. The van der Waals surface area contributed by atoms with E-state index in [2.05, 4.69) is 15.3 Å². The van der Waals surface area contributed by atoms with Gasteiger partial charge in [0, 0.05) is 36.1 Å². The van der Waals surface area contributed by atoms with Crippen molar-refractivity contribution in [3.8, 4) is 0 Å². The summed E-state index contributed by atoms with van der Waals surface area (Å²) >= 11 is 6.15. The third kappa shape index (κ3) is 2.76. The van der Waals surface area contributed by atoms with E-state index in [-0.39, 0.29) is 18.0 Å². The van der Waals surface area contributed by atoms with Crippen molar-refractivity contribution in [2.45, 2.75) is 32.4 Å². The molecule has 1 N–H and O–H groups in total. The van der Waals surface area contributed by atoms with Crippen LogP contribution in [0.3, 0.4) is 0 Å². The van der Waals surface area contributed by atoms with Gasteiger partial charge in [-0.25, -0.2) is 4.98 Å². The molecule has 0 radical (unpaired) electrons. The first-order valence-corrected chi connectivity index (χ1v) is 7.56. The first kappa shape index (κ1) is 14.8. The van der Waals surface area contributed by atoms with Gasteiger partial charge in [-0.2, -0.15) is 0 Å². The average molecular weight is 317 g/mol. The van der Waals surface area contributed by atoms with Gasteiger partial charge < -0.3 is 10.2 Å². The Labute approximate surface area is 134 Å². The highest BCUT2D eigenvalue weighted by molar-refractivity contribution is 6.30. The van der Waals surface area contributed by atoms with Crippen LogP contribution in [0.4, 0.5) is 11.5 Å². The van der Waals surface area contributed by atoms with Crippen LogP contribution < -0.4 is 10.2 Å². The maximum absolute atomic E-state index is 12.0. The SMILES string of the molecule is CC(=O)N1c2ccc(Cl)cc2[C@@H](Nc2cnccn2)C[C@H]1C. The number of nitrogens with zero attached hydrogens (tertiary/aromatic N) is 3. The molecule has 2 heterocycles. The number of carbonyl (C=O) groups excluding carboxylic acids is 1. The molecule has 114 valence electrons. The number of hydrogen-bond acceptors (Lipinski definition) is 4. The van der Waals surface area contributed by atoms with E-state index in [0.29, 0.717) is 10.8 Å². The van der Waals surface area contributed by atoms with Crippen molar-refractivity contribution in [3.05, 3.63) is 47.4 Å². The highest BCUT2D eigenvalue weighted by Crippen LogP contribution is 2.39. The molecule has 1 aliphatic rings. The van der Waals surface area contributed by atoms with E-state index in [0.717, 1.165) is 17.7 Å². The van der Waals surface area contributed by atoms with Gasteiger partial charge >= 0.3 is 0 Å². The first-order chi connectivity index (χ1) is 10.6. The smallest absolute Gasteiger partial charge is 0.224 e. The topological polar surface area (TPSA) is 58.1 Å². The summed E-state index contributed by atoms with van der Waals surface area (Å²) in [5.74, 6) is 0.746. The van der Waals surface area contributed by atoms with Crippen LogP contribution in [0.5, 0.6) is 0 Å². The van der Waals surface area contributed by atoms with E-state index in [1.165, 1.54) is 0 Å². The van der Waals surface area contributed by atoms with Crippen LogP contribution in [0.1, 0.15) is 31.9 Å². The Kier molecular flexibility index (Phi) is 3.98. The van der Waals surface area contributed by atoms with Gasteiger partial charge in [0.15, 0.2) is 0 Å². The zero-order valence-corrected chi connectivity index (χ0v) is 13.2. The van der Waals surface area contributed by atoms with Crippen molar-refractivity contribution in [2.75, 3.05) is 10.2 Å². The number of hydrogen-bond donors (Lipinski definition) is 1. The second kappa shape index (κ2) is 5.93. The molecule has 1 aromatic heterocycles. The molecule has 0 bridgehead atoms. The summed E-state index contributed by atoms with van der Waals surface area (Å²) in [5.41, 5.74) is 1.91. The van der Waals surface area contributed by atoms with Gasteiger partial charge in [-0.1, -0.05) is 11.6 Å². The molecular formula is C16H17ClN4O. The van der Waals surface area contributed by atoms with Crippen molar-refractivity contribution < 1.29 is 4.79 Å². The predicted octanol–water partition coefficient (Wildman–Crippen LogP) is 3.43. The molecule has 0 saturated heterocycles. The maximum Gasteiger partial charge on any atom is 0.224 e. The fourth-order valence-electron chi connectivity index (χ4n) is 3.00. The number of nitrogens with one attached hydrogen (secondary N) is 1. The quantitative estimate of drug-likeness (QED) is 0.922. The Morgan fingerprint density at radius 3 is 2.91 bits per heavy atom. The molecule has 2 aromatic rings. The lowest BCUT2D eigenvalue weighted by molar-refractivity contribution is -0.117. The van der Waals surface area contributed by atoms with Gasteiger partial charge in [0.1, 0.15) is 5.82 Å². The fourth-order valence-corrected chi connectivity index (χ4v) is 3.18. The van der Waals surface area contributed by atoms with Crippen molar-refractivity contribution in [1.82, 2.24) is 9.97 Å². The molecule has 1 aromatic carbocycles. The number of fused-ring (bicyclic) bond motifs is 1. The summed E-state index contributed by atoms with van der Waals surface area (Å²) in [7, 11) is 0. The summed E-state index contributed by atoms with van der Waals surface area (Å²) in [4.78, 5) is 22.1. The van der Waals surface area contributed by atoms with Crippen molar-refractivity contribution in [2.24, 2.45) is 0 Å². The molecule has 0 spiro atoms. The summed E-state index contributed by atoms with van der Waals surface area (Å²) < 4.78 is 0. The van der Waals surface area contributed by atoms with Crippen LogP contribution in [0.15, 0.2) is 36.8 Å². The third-order valence-electron chi connectivity index (χ3n) is 3.87. The highest BCUT2D eigenvalue weighted by Gasteiger charge is 2.32. The van der Waals surface area contributed by atoms with Crippen LogP contribution >= 0.6 is 11.6 Å². The Morgan fingerprint density at radius 1 is 1.41 bits per heavy atom. The molecule has 0 saturated carbocycles. The molecule has 3 rings (SSSR count). The predicted molar refractivity (Wildman–Crippen MR) is 87.1 cm³/mol.